The first kappa shape index (κ1) is 15.5. The number of Topliss-reactive ketones (excluding diaryl/α,β-unsaturated/α-hetero) is 1. The van der Waals surface area contributed by atoms with E-state index in [0.29, 0.717) is 0 Å². The van der Waals surface area contributed by atoms with Crippen molar-refractivity contribution in [3.8, 4) is 0 Å². The summed E-state index contributed by atoms with van der Waals surface area (Å²) in [4.78, 5) is 11.6. The molecule has 0 saturated heterocycles. The maximum atomic E-state index is 11.6. The number of rotatable bonds is 9. The lowest BCUT2D eigenvalue weighted by atomic mass is 10.0. The van der Waals surface area contributed by atoms with Gasteiger partial charge in [-0.15, -0.1) is 0 Å². The van der Waals surface area contributed by atoms with E-state index in [-0.39, 0.29) is 19.0 Å². The fraction of sp³-hybridized carbons (Fsp3) is 0.900. The van der Waals surface area contributed by atoms with Crippen molar-refractivity contribution < 1.29 is 28.8 Å². The second kappa shape index (κ2) is 8.60. The van der Waals surface area contributed by atoms with Crippen LogP contribution < -0.4 is 0 Å². The molecule has 0 aliphatic heterocycles. The molecular formula is C10H20O6. The van der Waals surface area contributed by atoms with Crippen LogP contribution in [0.15, 0.2) is 0 Å². The Bertz CT molecular complexity index is 196. The highest BCUT2D eigenvalue weighted by molar-refractivity contribution is 5.85. The molecule has 0 heterocycles. The van der Waals surface area contributed by atoms with E-state index in [1.54, 1.807) is 0 Å². The molecule has 0 aromatic heterocycles. The highest BCUT2D eigenvalue weighted by Crippen LogP contribution is 2.10. The Kier molecular flexibility index (Phi) is 8.32. The number of ether oxygens (including phenoxy) is 4. The number of aliphatic hydroxyl groups is 1. The molecule has 0 aromatic carbocycles. The van der Waals surface area contributed by atoms with Crippen molar-refractivity contribution in [2.45, 2.75) is 18.3 Å². The van der Waals surface area contributed by atoms with Gasteiger partial charge in [-0.05, 0) is 0 Å². The SMILES string of the molecule is COCC(=O)[C@@H](OC)[C@H](OC)[C@H](O)COC. The zero-order chi connectivity index (χ0) is 12.6. The van der Waals surface area contributed by atoms with Crippen LogP contribution in [-0.2, 0) is 23.7 Å². The van der Waals surface area contributed by atoms with Gasteiger partial charge >= 0.3 is 0 Å². The largest absolute Gasteiger partial charge is 0.388 e. The monoisotopic (exact) mass is 236 g/mol. The van der Waals surface area contributed by atoms with Gasteiger partial charge in [0.25, 0.3) is 0 Å². The van der Waals surface area contributed by atoms with Crippen LogP contribution in [0.3, 0.4) is 0 Å². The lowest BCUT2D eigenvalue weighted by Gasteiger charge is -2.27. The van der Waals surface area contributed by atoms with Gasteiger partial charge in [0.15, 0.2) is 5.78 Å². The lowest BCUT2D eigenvalue weighted by Crippen LogP contribution is -2.47. The molecule has 0 aliphatic carbocycles. The molecule has 0 spiro atoms. The summed E-state index contributed by atoms with van der Waals surface area (Å²) in [5.41, 5.74) is 0. The van der Waals surface area contributed by atoms with E-state index in [4.69, 9.17) is 18.9 Å². The van der Waals surface area contributed by atoms with E-state index in [1.807, 2.05) is 0 Å². The smallest absolute Gasteiger partial charge is 0.189 e. The van der Waals surface area contributed by atoms with Gasteiger partial charge in [-0.1, -0.05) is 0 Å². The number of ketones is 1. The molecule has 3 atom stereocenters. The van der Waals surface area contributed by atoms with E-state index < -0.39 is 18.3 Å². The number of carbonyl (C=O) groups excluding carboxylic acids is 1. The Morgan fingerprint density at radius 3 is 2.12 bits per heavy atom. The van der Waals surface area contributed by atoms with Crippen molar-refractivity contribution in [2.75, 3.05) is 41.7 Å². The van der Waals surface area contributed by atoms with Crippen LogP contribution in [0.25, 0.3) is 0 Å². The van der Waals surface area contributed by atoms with E-state index in [1.165, 1.54) is 28.4 Å². The molecule has 0 radical (unpaired) electrons. The number of aliphatic hydroxyl groups excluding tert-OH is 1. The molecule has 0 saturated carbocycles. The third-order valence-electron chi connectivity index (χ3n) is 2.15. The number of hydrogen-bond donors (Lipinski definition) is 1. The Morgan fingerprint density at radius 2 is 1.75 bits per heavy atom. The highest BCUT2D eigenvalue weighted by atomic mass is 16.5. The summed E-state index contributed by atoms with van der Waals surface area (Å²) in [6.45, 7) is -0.0172. The van der Waals surface area contributed by atoms with Crippen molar-refractivity contribution in [3.05, 3.63) is 0 Å². The van der Waals surface area contributed by atoms with Gasteiger partial charge in [-0.3, -0.25) is 4.79 Å². The molecule has 0 unspecified atom stereocenters. The lowest BCUT2D eigenvalue weighted by molar-refractivity contribution is -0.152. The Balaban J connectivity index is 4.54. The molecule has 0 aromatic rings. The first-order valence-corrected chi connectivity index (χ1v) is 4.86. The number of methoxy groups -OCH3 is 4. The van der Waals surface area contributed by atoms with Crippen LogP contribution in [-0.4, -0.2) is 70.9 Å². The molecule has 6 nitrogen and oxygen atoms in total. The van der Waals surface area contributed by atoms with E-state index >= 15 is 0 Å². The Hall–Kier alpha value is -0.530. The third-order valence-corrected chi connectivity index (χ3v) is 2.15. The van der Waals surface area contributed by atoms with Crippen LogP contribution in [0.1, 0.15) is 0 Å². The second-order valence-electron chi connectivity index (χ2n) is 3.28. The summed E-state index contributed by atoms with van der Waals surface area (Å²) in [6, 6.07) is 0. The standard InChI is InChI=1S/C10H20O6/c1-13-5-7(11)9(15-3)10(16-4)8(12)6-14-2/h7,9-11H,5-6H2,1-4H3/t7-,9-,10-/m1/s1. The van der Waals surface area contributed by atoms with Gasteiger partial charge < -0.3 is 24.1 Å². The summed E-state index contributed by atoms with van der Waals surface area (Å²) in [7, 11) is 5.64. The number of carbonyl (C=O) groups is 1. The van der Waals surface area contributed by atoms with Gasteiger partial charge in [0.2, 0.25) is 0 Å². The van der Waals surface area contributed by atoms with Crippen LogP contribution >= 0.6 is 0 Å². The van der Waals surface area contributed by atoms with Crippen LogP contribution in [0.2, 0.25) is 0 Å². The maximum Gasteiger partial charge on any atom is 0.189 e. The molecule has 1 N–H and O–H groups in total. The van der Waals surface area contributed by atoms with Gasteiger partial charge in [-0.25, -0.2) is 0 Å². The molecule has 96 valence electrons. The van der Waals surface area contributed by atoms with Crippen LogP contribution in [0, 0.1) is 0 Å². The molecule has 16 heavy (non-hydrogen) atoms. The fourth-order valence-corrected chi connectivity index (χ4v) is 1.42. The first-order chi connectivity index (χ1) is 7.62. The molecular weight excluding hydrogens is 216 g/mol. The fourth-order valence-electron chi connectivity index (χ4n) is 1.42. The summed E-state index contributed by atoms with van der Waals surface area (Å²) < 4.78 is 19.6. The summed E-state index contributed by atoms with van der Waals surface area (Å²) in [6.07, 6.45) is -2.57. The third kappa shape index (κ3) is 4.54. The van der Waals surface area contributed by atoms with E-state index in [0.717, 1.165) is 0 Å². The quantitative estimate of drug-likeness (QED) is 0.567. The van der Waals surface area contributed by atoms with Gasteiger partial charge in [0.1, 0.15) is 24.9 Å². The van der Waals surface area contributed by atoms with E-state index in [9.17, 15) is 9.90 Å². The van der Waals surface area contributed by atoms with Crippen molar-refractivity contribution >= 4 is 5.78 Å². The topological polar surface area (TPSA) is 74.2 Å². The van der Waals surface area contributed by atoms with Crippen LogP contribution in [0.5, 0.6) is 0 Å². The first-order valence-electron chi connectivity index (χ1n) is 4.86. The predicted molar refractivity (Wildman–Crippen MR) is 56.4 cm³/mol. The van der Waals surface area contributed by atoms with Gasteiger partial charge in [0, 0.05) is 28.4 Å². The van der Waals surface area contributed by atoms with Crippen molar-refractivity contribution in [1.82, 2.24) is 0 Å². The molecule has 6 heteroatoms. The molecule has 0 fully saturated rings. The Labute approximate surface area is 95.4 Å². The van der Waals surface area contributed by atoms with Crippen molar-refractivity contribution in [1.29, 1.82) is 0 Å². The minimum Gasteiger partial charge on any atom is -0.388 e. The maximum absolute atomic E-state index is 11.6. The van der Waals surface area contributed by atoms with Gasteiger partial charge in [-0.2, -0.15) is 0 Å². The summed E-state index contributed by atoms with van der Waals surface area (Å²) in [5.74, 6) is -0.285. The minimum absolute atomic E-state index is 0.0681. The number of hydrogen-bond acceptors (Lipinski definition) is 6. The Morgan fingerprint density at radius 1 is 1.12 bits per heavy atom. The normalized spacial score (nSPS) is 16.8. The van der Waals surface area contributed by atoms with Crippen molar-refractivity contribution in [2.24, 2.45) is 0 Å². The zero-order valence-electron chi connectivity index (χ0n) is 10.1. The minimum atomic E-state index is -0.930. The molecule has 0 bridgehead atoms. The van der Waals surface area contributed by atoms with Crippen molar-refractivity contribution in [3.63, 3.8) is 0 Å². The predicted octanol–water partition coefficient (Wildman–Crippen LogP) is -0.761. The van der Waals surface area contributed by atoms with Gasteiger partial charge in [0.05, 0.1) is 6.61 Å². The summed E-state index contributed by atoms with van der Waals surface area (Å²) >= 11 is 0. The average Bonchev–Trinajstić information content (AvgIpc) is 2.25. The molecule has 0 amide bonds. The zero-order valence-corrected chi connectivity index (χ0v) is 10.1. The van der Waals surface area contributed by atoms with E-state index in [2.05, 4.69) is 0 Å². The summed E-state index contributed by atoms with van der Waals surface area (Å²) in [5, 5.41) is 9.70. The highest BCUT2D eigenvalue weighted by Gasteiger charge is 2.33. The molecule has 0 rings (SSSR count). The molecule has 0 aliphatic rings. The van der Waals surface area contributed by atoms with Crippen LogP contribution in [0.4, 0.5) is 0 Å². The average molecular weight is 236 g/mol. The second-order valence-corrected chi connectivity index (χ2v) is 3.28.